The van der Waals surface area contributed by atoms with Crippen LogP contribution in [0.15, 0.2) is 64.3 Å². The third-order valence-electron chi connectivity index (χ3n) is 5.82. The number of imidazole rings is 1. The van der Waals surface area contributed by atoms with Crippen LogP contribution >= 0.6 is 0 Å². The number of methoxy groups -OCH3 is 1. The fourth-order valence-electron chi connectivity index (χ4n) is 3.97. The summed E-state index contributed by atoms with van der Waals surface area (Å²) >= 11 is 0. The van der Waals surface area contributed by atoms with Crippen LogP contribution in [0.3, 0.4) is 0 Å². The van der Waals surface area contributed by atoms with Crippen LogP contribution in [-0.4, -0.2) is 36.2 Å². The smallest absolute Gasteiger partial charge is 0.279 e. The van der Waals surface area contributed by atoms with Gasteiger partial charge in [-0.1, -0.05) is 23.4 Å². The van der Waals surface area contributed by atoms with Crippen molar-refractivity contribution in [1.82, 2.24) is 29.1 Å². The molecule has 1 aliphatic rings. The molecular formula is C22H18N6O3. The summed E-state index contributed by atoms with van der Waals surface area (Å²) in [7, 11) is 1.64. The van der Waals surface area contributed by atoms with Gasteiger partial charge >= 0.3 is 0 Å². The molecule has 4 aromatic heterocycles. The molecule has 1 aliphatic carbocycles. The van der Waals surface area contributed by atoms with Crippen molar-refractivity contribution in [3.05, 3.63) is 76.9 Å². The summed E-state index contributed by atoms with van der Waals surface area (Å²) in [6.07, 6.45) is 5.02. The average Bonchev–Trinajstić information content (AvgIpc) is 3.23. The second kappa shape index (κ2) is 6.58. The molecule has 0 amide bonds. The van der Waals surface area contributed by atoms with Crippen LogP contribution in [0.1, 0.15) is 24.4 Å². The summed E-state index contributed by atoms with van der Waals surface area (Å²) in [6, 6.07) is 13.4. The predicted octanol–water partition coefficient (Wildman–Crippen LogP) is 2.78. The Morgan fingerprint density at radius 2 is 1.90 bits per heavy atom. The van der Waals surface area contributed by atoms with Gasteiger partial charge in [-0.25, -0.2) is 4.98 Å². The van der Waals surface area contributed by atoms with Crippen LogP contribution in [0.2, 0.25) is 0 Å². The highest BCUT2D eigenvalue weighted by molar-refractivity contribution is 5.83. The molecule has 9 heteroatoms. The van der Waals surface area contributed by atoms with Crippen LogP contribution in [0.4, 0.5) is 0 Å². The van der Waals surface area contributed by atoms with Crippen LogP contribution in [0.25, 0.3) is 28.1 Å². The minimum atomic E-state index is -0.483. The van der Waals surface area contributed by atoms with E-state index in [1.165, 1.54) is 0 Å². The topological polar surface area (TPSA) is 100 Å². The molecule has 31 heavy (non-hydrogen) atoms. The van der Waals surface area contributed by atoms with E-state index in [1.54, 1.807) is 28.6 Å². The number of ether oxygens (including phenoxy) is 1. The number of fused-ring (bicyclic) bond motifs is 3. The Labute approximate surface area is 175 Å². The lowest BCUT2D eigenvalue weighted by atomic mass is 10.2. The zero-order valence-electron chi connectivity index (χ0n) is 16.7. The number of hydrogen-bond acceptors (Lipinski definition) is 7. The highest BCUT2D eigenvalue weighted by Crippen LogP contribution is 2.47. The van der Waals surface area contributed by atoms with Crippen LogP contribution < -0.4 is 5.56 Å². The average molecular weight is 414 g/mol. The van der Waals surface area contributed by atoms with Gasteiger partial charge in [0.05, 0.1) is 23.3 Å². The monoisotopic (exact) mass is 414 g/mol. The second-order valence-electron chi connectivity index (χ2n) is 7.63. The number of para-hydroxylation sites is 2. The quantitative estimate of drug-likeness (QED) is 0.436. The molecule has 4 heterocycles. The van der Waals surface area contributed by atoms with Crippen molar-refractivity contribution in [3.8, 4) is 11.6 Å². The van der Waals surface area contributed by atoms with Crippen molar-refractivity contribution < 1.29 is 9.26 Å². The van der Waals surface area contributed by atoms with Gasteiger partial charge in [-0.05, 0) is 37.1 Å². The summed E-state index contributed by atoms with van der Waals surface area (Å²) < 4.78 is 14.5. The molecule has 0 spiro atoms. The van der Waals surface area contributed by atoms with Crippen LogP contribution in [-0.2, 0) is 16.9 Å². The summed E-state index contributed by atoms with van der Waals surface area (Å²) in [6.45, 7) is 0.336. The zero-order chi connectivity index (χ0) is 21.0. The largest absolute Gasteiger partial charge is 0.370 e. The van der Waals surface area contributed by atoms with Gasteiger partial charge in [-0.15, -0.1) is 0 Å². The highest BCUT2D eigenvalue weighted by Gasteiger charge is 2.49. The first-order valence-electron chi connectivity index (χ1n) is 9.98. The minimum Gasteiger partial charge on any atom is -0.370 e. The molecular weight excluding hydrogens is 396 g/mol. The fraction of sp³-hybridized carbons (Fsp3) is 0.227. The molecule has 0 unspecified atom stereocenters. The Hall–Kier alpha value is -3.85. The fourth-order valence-corrected chi connectivity index (χ4v) is 3.97. The lowest BCUT2D eigenvalue weighted by Crippen LogP contribution is -2.24. The Bertz CT molecular complexity index is 1480. The van der Waals surface area contributed by atoms with Gasteiger partial charge in [-0.2, -0.15) is 4.98 Å². The standard InChI is InChI=1S/C22H18N6O3/c1-30-22(9-10-22)21-25-19(31-26-21)17-18-20(29)27(12-14-6-4-5-11-23-14)15-7-2-3-8-16(15)28(18)13-24-17/h2-8,11,13H,9-10,12H2,1H3. The first-order valence-corrected chi connectivity index (χ1v) is 9.98. The lowest BCUT2D eigenvalue weighted by molar-refractivity contribution is 0.0689. The number of nitrogens with zero attached hydrogens (tertiary/aromatic N) is 6. The van der Waals surface area contributed by atoms with Gasteiger partial charge in [0.15, 0.2) is 5.69 Å². The Morgan fingerprint density at radius 3 is 2.65 bits per heavy atom. The van der Waals surface area contributed by atoms with Crippen molar-refractivity contribution >= 4 is 16.6 Å². The van der Waals surface area contributed by atoms with E-state index >= 15 is 0 Å². The van der Waals surface area contributed by atoms with Crippen molar-refractivity contribution in [2.45, 2.75) is 25.0 Å². The van der Waals surface area contributed by atoms with Crippen LogP contribution in [0, 0.1) is 0 Å². The zero-order valence-corrected chi connectivity index (χ0v) is 16.7. The van der Waals surface area contributed by atoms with E-state index in [0.29, 0.717) is 23.6 Å². The predicted molar refractivity (Wildman–Crippen MR) is 112 cm³/mol. The molecule has 0 bridgehead atoms. The molecule has 6 rings (SSSR count). The number of benzene rings is 1. The number of aromatic nitrogens is 6. The Kier molecular flexibility index (Phi) is 3.81. The molecule has 0 saturated heterocycles. The first kappa shape index (κ1) is 18.0. The molecule has 1 saturated carbocycles. The van der Waals surface area contributed by atoms with Crippen molar-refractivity contribution in [1.29, 1.82) is 0 Å². The molecule has 0 aliphatic heterocycles. The molecule has 1 aromatic carbocycles. The van der Waals surface area contributed by atoms with E-state index in [0.717, 1.165) is 29.6 Å². The molecule has 9 nitrogen and oxygen atoms in total. The SMILES string of the molecule is COC1(c2noc(-c3ncn4c3c(=O)n(Cc3ccccn3)c3ccccc34)n2)CC1. The third-order valence-corrected chi connectivity index (χ3v) is 5.82. The van der Waals surface area contributed by atoms with Crippen molar-refractivity contribution in [2.75, 3.05) is 7.11 Å². The van der Waals surface area contributed by atoms with Gasteiger partial charge in [-0.3, -0.25) is 18.7 Å². The molecule has 5 aromatic rings. The highest BCUT2D eigenvalue weighted by atomic mass is 16.5. The second-order valence-corrected chi connectivity index (χ2v) is 7.63. The van der Waals surface area contributed by atoms with Crippen LogP contribution in [0.5, 0.6) is 0 Å². The number of pyridine rings is 1. The van der Waals surface area contributed by atoms with Gasteiger partial charge in [0.2, 0.25) is 5.82 Å². The van der Waals surface area contributed by atoms with Gasteiger partial charge < -0.3 is 9.26 Å². The van der Waals surface area contributed by atoms with Gasteiger partial charge in [0, 0.05) is 13.3 Å². The normalized spacial score (nSPS) is 15.0. The third kappa shape index (κ3) is 2.70. The summed E-state index contributed by atoms with van der Waals surface area (Å²) in [5, 5.41) is 4.09. The Morgan fingerprint density at radius 1 is 1.10 bits per heavy atom. The molecule has 1 fully saturated rings. The molecule has 0 atom stereocenters. The minimum absolute atomic E-state index is 0.204. The number of hydrogen-bond donors (Lipinski definition) is 0. The summed E-state index contributed by atoms with van der Waals surface area (Å²) in [5.41, 5.74) is 2.48. The molecule has 0 radical (unpaired) electrons. The van der Waals surface area contributed by atoms with Gasteiger partial charge in [0.1, 0.15) is 17.4 Å². The first-order chi connectivity index (χ1) is 15.2. The van der Waals surface area contributed by atoms with E-state index in [-0.39, 0.29) is 11.4 Å². The van der Waals surface area contributed by atoms with E-state index < -0.39 is 5.60 Å². The van der Waals surface area contributed by atoms with E-state index in [2.05, 4.69) is 20.1 Å². The molecule has 154 valence electrons. The number of rotatable bonds is 5. The van der Waals surface area contributed by atoms with E-state index in [9.17, 15) is 4.79 Å². The summed E-state index contributed by atoms with van der Waals surface area (Å²) in [4.78, 5) is 27.0. The summed E-state index contributed by atoms with van der Waals surface area (Å²) in [5.74, 6) is 0.693. The van der Waals surface area contributed by atoms with Gasteiger partial charge in [0.25, 0.3) is 11.4 Å². The van der Waals surface area contributed by atoms with E-state index in [1.807, 2.05) is 42.5 Å². The lowest BCUT2D eigenvalue weighted by Gasteiger charge is -2.12. The van der Waals surface area contributed by atoms with E-state index in [4.69, 9.17) is 9.26 Å². The Balaban J connectivity index is 1.58. The maximum atomic E-state index is 13.6. The molecule has 0 N–H and O–H groups in total. The van der Waals surface area contributed by atoms with Crippen molar-refractivity contribution in [3.63, 3.8) is 0 Å². The maximum Gasteiger partial charge on any atom is 0.279 e. The maximum absolute atomic E-state index is 13.6. The van der Waals surface area contributed by atoms with Crippen molar-refractivity contribution in [2.24, 2.45) is 0 Å².